The maximum Gasteiger partial charge on any atom is 0.176 e. The first-order valence-electron chi connectivity index (χ1n) is 3.60. The molecule has 0 bridgehead atoms. The number of benzene rings is 1. The van der Waals surface area contributed by atoms with Gasteiger partial charge < -0.3 is 10.3 Å². The summed E-state index contributed by atoms with van der Waals surface area (Å²) in [6.07, 6.45) is 0. The SMILES string of the molecule is Cc1cc(Cl)c(Cl)c2c(N)noc12. The lowest BCUT2D eigenvalue weighted by molar-refractivity contribution is 0.459. The van der Waals surface area contributed by atoms with Crippen molar-refractivity contribution in [3.05, 3.63) is 21.7 Å². The quantitative estimate of drug-likeness (QED) is 0.737. The second kappa shape index (κ2) is 2.79. The lowest BCUT2D eigenvalue weighted by atomic mass is 10.2. The number of nitrogen functional groups attached to an aromatic ring is 1. The largest absolute Gasteiger partial charge is 0.380 e. The summed E-state index contributed by atoms with van der Waals surface area (Å²) in [5, 5.41) is 5.06. The highest BCUT2D eigenvalue weighted by atomic mass is 35.5. The number of halogens is 2. The summed E-state index contributed by atoms with van der Waals surface area (Å²) in [5.41, 5.74) is 7.03. The second-order valence-corrected chi connectivity index (χ2v) is 3.55. The zero-order chi connectivity index (χ0) is 9.59. The van der Waals surface area contributed by atoms with Crippen LogP contribution in [0, 0.1) is 6.92 Å². The van der Waals surface area contributed by atoms with Gasteiger partial charge in [0.15, 0.2) is 11.4 Å². The van der Waals surface area contributed by atoms with E-state index >= 15 is 0 Å². The summed E-state index contributed by atoms with van der Waals surface area (Å²) < 4.78 is 5.00. The molecule has 0 radical (unpaired) electrons. The number of rotatable bonds is 0. The lowest BCUT2D eigenvalue weighted by Gasteiger charge is -1.98. The molecule has 2 N–H and O–H groups in total. The van der Waals surface area contributed by atoms with Crippen molar-refractivity contribution in [2.24, 2.45) is 0 Å². The van der Waals surface area contributed by atoms with Crippen LogP contribution in [0.4, 0.5) is 5.82 Å². The lowest BCUT2D eigenvalue weighted by Crippen LogP contribution is -1.85. The molecule has 1 aromatic carbocycles. The number of hydrogen-bond acceptors (Lipinski definition) is 3. The van der Waals surface area contributed by atoms with Crippen LogP contribution in [0.25, 0.3) is 11.0 Å². The van der Waals surface area contributed by atoms with Crippen LogP contribution in [-0.2, 0) is 0 Å². The Morgan fingerprint density at radius 1 is 1.46 bits per heavy atom. The normalized spacial score (nSPS) is 11.0. The van der Waals surface area contributed by atoms with Crippen LogP contribution < -0.4 is 5.73 Å². The number of nitrogens with two attached hydrogens (primary N) is 1. The molecule has 0 aliphatic rings. The highest BCUT2D eigenvalue weighted by Gasteiger charge is 2.14. The predicted molar refractivity (Wildman–Crippen MR) is 53.2 cm³/mol. The number of aryl methyl sites for hydroxylation is 1. The Hall–Kier alpha value is -0.930. The summed E-state index contributed by atoms with van der Waals surface area (Å²) in [6, 6.07) is 1.72. The summed E-state index contributed by atoms with van der Waals surface area (Å²) >= 11 is 11.8. The van der Waals surface area contributed by atoms with Gasteiger partial charge in [0.2, 0.25) is 0 Å². The van der Waals surface area contributed by atoms with Crippen LogP contribution in [0.15, 0.2) is 10.6 Å². The van der Waals surface area contributed by atoms with Crippen molar-refractivity contribution in [2.75, 3.05) is 5.73 Å². The van der Waals surface area contributed by atoms with Crippen LogP contribution in [0.2, 0.25) is 10.0 Å². The monoisotopic (exact) mass is 216 g/mol. The fourth-order valence-electron chi connectivity index (χ4n) is 1.22. The smallest absolute Gasteiger partial charge is 0.176 e. The fraction of sp³-hybridized carbons (Fsp3) is 0.125. The zero-order valence-electron chi connectivity index (χ0n) is 6.77. The van der Waals surface area contributed by atoms with Crippen LogP contribution in [0.1, 0.15) is 5.56 Å². The van der Waals surface area contributed by atoms with Gasteiger partial charge in [0.05, 0.1) is 15.4 Å². The van der Waals surface area contributed by atoms with Gasteiger partial charge in [-0.2, -0.15) is 0 Å². The molecule has 0 spiro atoms. The van der Waals surface area contributed by atoms with Crippen LogP contribution >= 0.6 is 23.2 Å². The first-order chi connectivity index (χ1) is 6.11. The minimum absolute atomic E-state index is 0.269. The molecule has 13 heavy (non-hydrogen) atoms. The number of aromatic nitrogens is 1. The molecule has 2 rings (SSSR count). The van der Waals surface area contributed by atoms with E-state index in [2.05, 4.69) is 5.16 Å². The van der Waals surface area contributed by atoms with Gasteiger partial charge in [-0.1, -0.05) is 28.4 Å². The van der Waals surface area contributed by atoms with E-state index in [0.717, 1.165) is 5.56 Å². The molecule has 0 atom stereocenters. The Labute approximate surface area is 84.4 Å². The van der Waals surface area contributed by atoms with Gasteiger partial charge in [0.25, 0.3) is 0 Å². The van der Waals surface area contributed by atoms with Gasteiger partial charge in [-0.05, 0) is 18.6 Å². The molecular formula is C8H6Cl2N2O. The molecule has 0 saturated carbocycles. The third-order valence-corrected chi connectivity index (χ3v) is 2.64. The molecule has 1 heterocycles. The number of fused-ring (bicyclic) bond motifs is 1. The highest BCUT2D eigenvalue weighted by molar-refractivity contribution is 6.45. The molecule has 0 saturated heterocycles. The van der Waals surface area contributed by atoms with Crippen molar-refractivity contribution in [1.29, 1.82) is 0 Å². The van der Waals surface area contributed by atoms with E-state index in [-0.39, 0.29) is 5.82 Å². The number of hydrogen-bond donors (Lipinski definition) is 1. The molecule has 0 fully saturated rings. The first-order valence-corrected chi connectivity index (χ1v) is 4.36. The summed E-state index contributed by atoms with van der Waals surface area (Å²) in [7, 11) is 0. The topological polar surface area (TPSA) is 52.0 Å². The molecular weight excluding hydrogens is 211 g/mol. The maximum absolute atomic E-state index is 5.93. The Morgan fingerprint density at radius 3 is 2.85 bits per heavy atom. The van der Waals surface area contributed by atoms with Crippen LogP contribution in [-0.4, -0.2) is 5.16 Å². The fourth-order valence-corrected chi connectivity index (χ4v) is 1.72. The van der Waals surface area contributed by atoms with E-state index in [1.165, 1.54) is 0 Å². The van der Waals surface area contributed by atoms with Crippen molar-refractivity contribution < 1.29 is 4.52 Å². The summed E-state index contributed by atoms with van der Waals surface area (Å²) in [6.45, 7) is 1.86. The van der Waals surface area contributed by atoms with Gasteiger partial charge in [-0.25, -0.2) is 0 Å². The third-order valence-electron chi connectivity index (χ3n) is 1.85. The van der Waals surface area contributed by atoms with E-state index < -0.39 is 0 Å². The number of anilines is 1. The Bertz CT molecular complexity index is 478. The molecule has 0 unspecified atom stereocenters. The minimum atomic E-state index is 0.269. The summed E-state index contributed by atoms with van der Waals surface area (Å²) in [5.74, 6) is 0.269. The first kappa shape index (κ1) is 8.66. The van der Waals surface area contributed by atoms with E-state index in [9.17, 15) is 0 Å². The molecule has 3 nitrogen and oxygen atoms in total. The molecule has 0 amide bonds. The van der Waals surface area contributed by atoms with E-state index in [0.29, 0.717) is 21.0 Å². The van der Waals surface area contributed by atoms with Crippen molar-refractivity contribution in [3.8, 4) is 0 Å². The molecule has 68 valence electrons. The van der Waals surface area contributed by atoms with Crippen molar-refractivity contribution in [1.82, 2.24) is 5.16 Å². The van der Waals surface area contributed by atoms with Crippen molar-refractivity contribution in [2.45, 2.75) is 6.92 Å². The Morgan fingerprint density at radius 2 is 2.15 bits per heavy atom. The molecule has 0 aliphatic carbocycles. The summed E-state index contributed by atoms with van der Waals surface area (Å²) in [4.78, 5) is 0. The third kappa shape index (κ3) is 1.16. The molecule has 0 aliphatic heterocycles. The van der Waals surface area contributed by atoms with Gasteiger partial charge in [-0.3, -0.25) is 0 Å². The van der Waals surface area contributed by atoms with Gasteiger partial charge >= 0.3 is 0 Å². The molecule has 2 aromatic rings. The van der Waals surface area contributed by atoms with E-state index in [1.807, 2.05) is 6.92 Å². The highest BCUT2D eigenvalue weighted by Crippen LogP contribution is 2.36. The zero-order valence-corrected chi connectivity index (χ0v) is 8.28. The second-order valence-electron chi connectivity index (χ2n) is 2.76. The Balaban J connectivity index is 3.00. The van der Waals surface area contributed by atoms with Crippen LogP contribution in [0.3, 0.4) is 0 Å². The predicted octanol–water partition coefficient (Wildman–Crippen LogP) is 3.03. The Kier molecular flexibility index (Phi) is 1.86. The standard InChI is InChI=1S/C8H6Cl2N2O/c1-3-2-4(9)6(10)5-7(3)13-12-8(5)11/h2H,1H3,(H2,11,12). The van der Waals surface area contributed by atoms with Crippen molar-refractivity contribution >= 4 is 40.0 Å². The van der Waals surface area contributed by atoms with Gasteiger partial charge in [0, 0.05) is 0 Å². The van der Waals surface area contributed by atoms with Crippen LogP contribution in [0.5, 0.6) is 0 Å². The average molecular weight is 217 g/mol. The molecule has 1 aromatic heterocycles. The van der Waals surface area contributed by atoms with E-state index in [4.69, 9.17) is 33.5 Å². The number of nitrogens with zero attached hydrogens (tertiary/aromatic N) is 1. The average Bonchev–Trinajstić information content (AvgIpc) is 2.44. The van der Waals surface area contributed by atoms with Gasteiger partial charge in [0.1, 0.15) is 0 Å². The van der Waals surface area contributed by atoms with E-state index in [1.54, 1.807) is 6.07 Å². The molecule has 5 heteroatoms. The minimum Gasteiger partial charge on any atom is -0.380 e. The van der Waals surface area contributed by atoms with Gasteiger partial charge in [-0.15, -0.1) is 0 Å². The van der Waals surface area contributed by atoms with Crippen molar-refractivity contribution in [3.63, 3.8) is 0 Å². The maximum atomic E-state index is 5.93.